The maximum absolute atomic E-state index is 11.7. The van der Waals surface area contributed by atoms with Gasteiger partial charge in [-0.2, -0.15) is 0 Å². The van der Waals surface area contributed by atoms with Crippen LogP contribution in [-0.4, -0.2) is 38.5 Å². The number of carbonyl (C=O) groups excluding carboxylic acids is 1. The van der Waals surface area contributed by atoms with Crippen molar-refractivity contribution in [2.75, 3.05) is 18.1 Å². The summed E-state index contributed by atoms with van der Waals surface area (Å²) >= 11 is 0. The number of nitrogens with one attached hydrogen (secondary N) is 1. The molecule has 5 nitrogen and oxygen atoms in total. The number of benzene rings is 1. The lowest BCUT2D eigenvalue weighted by molar-refractivity contribution is -0.123. The van der Waals surface area contributed by atoms with E-state index in [9.17, 15) is 13.2 Å². The molecule has 1 aromatic rings. The van der Waals surface area contributed by atoms with Crippen LogP contribution in [0.1, 0.15) is 17.5 Å². The largest absolute Gasteiger partial charge is 0.483 e. The van der Waals surface area contributed by atoms with Crippen molar-refractivity contribution in [3.8, 4) is 5.75 Å². The summed E-state index contributed by atoms with van der Waals surface area (Å²) in [5.41, 5.74) is 2.03. The van der Waals surface area contributed by atoms with Crippen LogP contribution in [0.25, 0.3) is 0 Å². The zero-order valence-corrected chi connectivity index (χ0v) is 12.5. The van der Waals surface area contributed by atoms with Crippen molar-refractivity contribution < 1.29 is 17.9 Å². The van der Waals surface area contributed by atoms with Gasteiger partial charge in [-0.3, -0.25) is 4.79 Å². The molecule has 0 aliphatic carbocycles. The standard InChI is InChI=1S/C14H19NO4S/c1-10-3-4-11(2)13(7-10)19-8-14(16)15-12-5-6-20(17,18)9-12/h3-4,7,12H,5-6,8-9H2,1-2H3,(H,15,16)/t12-/m0/s1. The Hall–Kier alpha value is -1.56. The number of aryl methyl sites for hydroxylation is 2. The molecule has 1 aliphatic rings. The van der Waals surface area contributed by atoms with Crippen LogP contribution >= 0.6 is 0 Å². The van der Waals surface area contributed by atoms with Gasteiger partial charge in [-0.05, 0) is 37.5 Å². The van der Waals surface area contributed by atoms with E-state index in [1.165, 1.54) is 0 Å². The summed E-state index contributed by atoms with van der Waals surface area (Å²) in [5.74, 6) is 0.574. The van der Waals surface area contributed by atoms with Crippen LogP contribution in [0.5, 0.6) is 5.75 Å². The van der Waals surface area contributed by atoms with E-state index in [-0.39, 0.29) is 30.1 Å². The fourth-order valence-electron chi connectivity index (χ4n) is 2.18. The van der Waals surface area contributed by atoms with Gasteiger partial charge in [0.2, 0.25) is 0 Å². The predicted molar refractivity (Wildman–Crippen MR) is 76.6 cm³/mol. The second-order valence-corrected chi connectivity index (χ2v) is 7.45. The van der Waals surface area contributed by atoms with Crippen LogP contribution in [0.15, 0.2) is 18.2 Å². The Bertz CT molecular complexity index is 610. The van der Waals surface area contributed by atoms with Gasteiger partial charge in [0.1, 0.15) is 5.75 Å². The van der Waals surface area contributed by atoms with E-state index in [4.69, 9.17) is 4.74 Å². The monoisotopic (exact) mass is 297 g/mol. The third-order valence-corrected chi connectivity index (χ3v) is 5.07. The van der Waals surface area contributed by atoms with Crippen LogP contribution in [0.2, 0.25) is 0 Å². The van der Waals surface area contributed by atoms with Crippen molar-refractivity contribution in [3.05, 3.63) is 29.3 Å². The quantitative estimate of drug-likeness (QED) is 0.899. The first-order valence-electron chi connectivity index (χ1n) is 6.55. The highest BCUT2D eigenvalue weighted by atomic mass is 32.2. The minimum Gasteiger partial charge on any atom is -0.483 e. The number of ether oxygens (including phenoxy) is 1. The maximum Gasteiger partial charge on any atom is 0.258 e. The average molecular weight is 297 g/mol. The number of carbonyl (C=O) groups is 1. The van der Waals surface area contributed by atoms with Gasteiger partial charge < -0.3 is 10.1 Å². The molecule has 0 unspecified atom stereocenters. The molecule has 0 bridgehead atoms. The number of sulfone groups is 1. The summed E-state index contributed by atoms with van der Waals surface area (Å²) in [7, 11) is -2.98. The fourth-order valence-corrected chi connectivity index (χ4v) is 3.86. The van der Waals surface area contributed by atoms with E-state index in [1.54, 1.807) is 0 Å². The summed E-state index contributed by atoms with van der Waals surface area (Å²) in [6, 6.07) is 5.51. The normalized spacial score (nSPS) is 20.6. The highest BCUT2D eigenvalue weighted by molar-refractivity contribution is 7.91. The smallest absolute Gasteiger partial charge is 0.258 e. The summed E-state index contributed by atoms with van der Waals surface area (Å²) < 4.78 is 28.1. The molecule has 1 aliphatic heterocycles. The zero-order chi connectivity index (χ0) is 14.8. The molecular formula is C14H19NO4S. The molecule has 0 radical (unpaired) electrons. The first-order chi connectivity index (χ1) is 9.35. The molecule has 1 heterocycles. The van der Waals surface area contributed by atoms with Gasteiger partial charge in [-0.1, -0.05) is 12.1 Å². The molecule has 1 N–H and O–H groups in total. The Labute approximate surface area is 119 Å². The minimum absolute atomic E-state index is 0.0300. The predicted octanol–water partition coefficient (Wildman–Crippen LogP) is 0.986. The molecule has 1 aromatic carbocycles. The van der Waals surface area contributed by atoms with Crippen molar-refractivity contribution >= 4 is 15.7 Å². The molecule has 20 heavy (non-hydrogen) atoms. The molecule has 110 valence electrons. The van der Waals surface area contributed by atoms with E-state index in [0.29, 0.717) is 12.2 Å². The average Bonchev–Trinajstić information content (AvgIpc) is 2.70. The lowest BCUT2D eigenvalue weighted by atomic mass is 10.1. The molecular weight excluding hydrogens is 278 g/mol. The lowest BCUT2D eigenvalue weighted by Crippen LogP contribution is -2.38. The molecule has 6 heteroatoms. The highest BCUT2D eigenvalue weighted by Crippen LogP contribution is 2.19. The minimum atomic E-state index is -2.98. The summed E-state index contributed by atoms with van der Waals surface area (Å²) in [4.78, 5) is 11.7. The van der Waals surface area contributed by atoms with Crippen molar-refractivity contribution in [1.82, 2.24) is 5.32 Å². The van der Waals surface area contributed by atoms with Crippen LogP contribution in [0.4, 0.5) is 0 Å². The van der Waals surface area contributed by atoms with Crippen LogP contribution in [0, 0.1) is 13.8 Å². The van der Waals surface area contributed by atoms with Crippen molar-refractivity contribution in [2.24, 2.45) is 0 Å². The highest BCUT2D eigenvalue weighted by Gasteiger charge is 2.28. The second-order valence-electron chi connectivity index (χ2n) is 5.23. The molecule has 1 amide bonds. The van der Waals surface area contributed by atoms with Crippen molar-refractivity contribution in [2.45, 2.75) is 26.3 Å². The van der Waals surface area contributed by atoms with Gasteiger partial charge >= 0.3 is 0 Å². The van der Waals surface area contributed by atoms with Gasteiger partial charge in [0, 0.05) is 6.04 Å². The van der Waals surface area contributed by atoms with Gasteiger partial charge in [-0.25, -0.2) is 8.42 Å². The van der Waals surface area contributed by atoms with Crippen LogP contribution in [0.3, 0.4) is 0 Å². The van der Waals surface area contributed by atoms with Gasteiger partial charge in [-0.15, -0.1) is 0 Å². The Morgan fingerprint density at radius 2 is 2.15 bits per heavy atom. The molecule has 1 saturated heterocycles. The number of amides is 1. The van der Waals surface area contributed by atoms with Crippen molar-refractivity contribution in [1.29, 1.82) is 0 Å². The first-order valence-corrected chi connectivity index (χ1v) is 8.38. The molecule has 0 spiro atoms. The number of hydrogen-bond donors (Lipinski definition) is 1. The summed E-state index contributed by atoms with van der Waals surface area (Å²) in [6.45, 7) is 3.77. The van der Waals surface area contributed by atoms with E-state index in [0.717, 1.165) is 11.1 Å². The molecule has 0 saturated carbocycles. The van der Waals surface area contributed by atoms with Gasteiger partial charge in [0.05, 0.1) is 11.5 Å². The molecule has 0 aromatic heterocycles. The second kappa shape index (κ2) is 5.83. The summed E-state index contributed by atoms with van der Waals surface area (Å²) in [6.07, 6.45) is 0.484. The van der Waals surface area contributed by atoms with Gasteiger partial charge in [0.15, 0.2) is 16.4 Å². The molecule has 1 atom stereocenters. The van der Waals surface area contributed by atoms with Crippen molar-refractivity contribution in [3.63, 3.8) is 0 Å². The summed E-state index contributed by atoms with van der Waals surface area (Å²) in [5, 5.41) is 2.70. The fraction of sp³-hybridized carbons (Fsp3) is 0.500. The Morgan fingerprint density at radius 1 is 1.40 bits per heavy atom. The Morgan fingerprint density at radius 3 is 2.80 bits per heavy atom. The lowest BCUT2D eigenvalue weighted by Gasteiger charge is -2.13. The third kappa shape index (κ3) is 3.96. The third-order valence-electron chi connectivity index (χ3n) is 3.30. The SMILES string of the molecule is Cc1ccc(C)c(OCC(=O)N[C@H]2CCS(=O)(=O)C2)c1. The topological polar surface area (TPSA) is 72.5 Å². The zero-order valence-electron chi connectivity index (χ0n) is 11.7. The first kappa shape index (κ1) is 14.8. The van der Waals surface area contributed by atoms with E-state index in [2.05, 4.69) is 5.32 Å². The van der Waals surface area contributed by atoms with E-state index < -0.39 is 9.84 Å². The Kier molecular flexibility index (Phi) is 4.32. The van der Waals surface area contributed by atoms with Gasteiger partial charge in [0.25, 0.3) is 5.91 Å². The maximum atomic E-state index is 11.7. The Balaban J connectivity index is 1.85. The van der Waals surface area contributed by atoms with Crippen LogP contribution < -0.4 is 10.1 Å². The number of hydrogen-bond acceptors (Lipinski definition) is 4. The molecule has 2 rings (SSSR count). The van der Waals surface area contributed by atoms with E-state index >= 15 is 0 Å². The number of rotatable bonds is 4. The molecule has 1 fully saturated rings. The van der Waals surface area contributed by atoms with E-state index in [1.807, 2.05) is 32.0 Å². The van der Waals surface area contributed by atoms with Crippen LogP contribution in [-0.2, 0) is 14.6 Å².